The van der Waals surface area contributed by atoms with Gasteiger partial charge in [0.2, 0.25) is 0 Å². The lowest BCUT2D eigenvalue weighted by atomic mass is 9.87. The molecule has 0 heterocycles. The van der Waals surface area contributed by atoms with E-state index in [1.165, 1.54) is 11.8 Å². The molecule has 3 aromatic rings. The van der Waals surface area contributed by atoms with Gasteiger partial charge in [0.15, 0.2) is 0 Å². The zero-order valence-electron chi connectivity index (χ0n) is 16.4. The van der Waals surface area contributed by atoms with Gasteiger partial charge in [-0.3, -0.25) is 4.79 Å². The maximum atomic E-state index is 11.1. The van der Waals surface area contributed by atoms with Gasteiger partial charge in [-0.25, -0.2) is 0 Å². The van der Waals surface area contributed by atoms with Crippen molar-refractivity contribution in [3.63, 3.8) is 0 Å². The minimum absolute atomic E-state index is 0.536. The summed E-state index contributed by atoms with van der Waals surface area (Å²) in [5.74, 6) is 0. The minimum Gasteiger partial charge on any atom is -0.358 e. The number of benzene rings is 3. The van der Waals surface area contributed by atoms with E-state index in [4.69, 9.17) is 5.41 Å². The number of aldehydes is 1. The third-order valence-electron chi connectivity index (χ3n) is 4.86. The lowest BCUT2D eigenvalue weighted by Gasteiger charge is -2.18. The number of hydrogen-bond donors (Lipinski definition) is 2. The molecule has 30 heavy (non-hydrogen) atoms. The Bertz CT molecular complexity index is 1080. The van der Waals surface area contributed by atoms with Gasteiger partial charge in [0.1, 0.15) is 6.29 Å². The second kappa shape index (κ2) is 11.0. The van der Waals surface area contributed by atoms with E-state index in [1.807, 2.05) is 30.3 Å². The first-order chi connectivity index (χ1) is 14.6. The SMILES string of the molecule is CC/C(=C(/c1ccc(C=O)cc1)c1ccc(NPI)c(C=N)c1)c1ccc(Br)cc1. The predicted molar refractivity (Wildman–Crippen MR) is 142 cm³/mol. The number of rotatable bonds is 8. The van der Waals surface area contributed by atoms with Crippen molar-refractivity contribution < 1.29 is 4.79 Å². The Kier molecular flexibility index (Phi) is 8.37. The Morgan fingerprint density at radius 2 is 1.67 bits per heavy atom. The molecule has 0 saturated heterocycles. The fourth-order valence-electron chi connectivity index (χ4n) is 3.42. The highest BCUT2D eigenvalue weighted by atomic mass is 127. The zero-order valence-corrected chi connectivity index (χ0v) is 21.1. The summed E-state index contributed by atoms with van der Waals surface area (Å²) in [6, 6.07) is 22.2. The molecular formula is C24H21BrIN2OP. The van der Waals surface area contributed by atoms with Crippen LogP contribution in [-0.4, -0.2) is 12.5 Å². The van der Waals surface area contributed by atoms with Gasteiger partial charge in [0, 0.05) is 33.9 Å². The Hall–Kier alpha value is -1.82. The molecule has 2 N–H and O–H groups in total. The molecule has 0 aliphatic carbocycles. The first-order valence-electron chi connectivity index (χ1n) is 9.42. The second-order valence-corrected chi connectivity index (χ2v) is 9.59. The number of hydrogen-bond acceptors (Lipinski definition) is 3. The van der Waals surface area contributed by atoms with Gasteiger partial charge in [-0.15, -0.1) is 0 Å². The van der Waals surface area contributed by atoms with Crippen LogP contribution in [0.1, 0.15) is 46.0 Å². The smallest absolute Gasteiger partial charge is 0.150 e. The summed E-state index contributed by atoms with van der Waals surface area (Å²) in [5, 5.41) is 11.2. The molecule has 0 amide bonds. The van der Waals surface area contributed by atoms with E-state index in [0.29, 0.717) is 11.9 Å². The van der Waals surface area contributed by atoms with E-state index in [9.17, 15) is 4.79 Å². The molecule has 152 valence electrons. The summed E-state index contributed by atoms with van der Waals surface area (Å²) in [5.41, 5.74) is 8.05. The standard InChI is InChI=1S/C24H21BrIN2OP/c1-2-22(17-7-10-21(25)11-8-17)24(18-5-3-16(15-29)4-6-18)19-9-12-23(28-30-26)20(13-19)14-27/h3-15,27-28,30H,2H2,1H3/b24-22+,27-14?. The molecule has 3 rings (SSSR count). The van der Waals surface area contributed by atoms with E-state index >= 15 is 0 Å². The first kappa shape index (κ1) is 22.9. The van der Waals surface area contributed by atoms with Gasteiger partial charge in [-0.2, -0.15) is 0 Å². The molecular weight excluding hydrogens is 570 g/mol. The second-order valence-electron chi connectivity index (χ2n) is 6.62. The van der Waals surface area contributed by atoms with Gasteiger partial charge < -0.3 is 10.5 Å². The Morgan fingerprint density at radius 3 is 2.23 bits per heavy atom. The molecule has 6 heteroatoms. The van der Waals surface area contributed by atoms with Crippen molar-refractivity contribution in [2.75, 3.05) is 5.09 Å². The van der Waals surface area contributed by atoms with E-state index < -0.39 is 0 Å². The Balaban J connectivity index is 2.27. The van der Waals surface area contributed by atoms with Crippen LogP contribution in [0.3, 0.4) is 0 Å². The highest BCUT2D eigenvalue weighted by Crippen LogP contribution is 2.37. The van der Waals surface area contributed by atoms with Crippen LogP contribution in [0.2, 0.25) is 0 Å². The predicted octanol–water partition coefficient (Wildman–Crippen LogP) is 7.98. The molecule has 1 atom stereocenters. The summed E-state index contributed by atoms with van der Waals surface area (Å²) >= 11 is 5.81. The van der Waals surface area contributed by atoms with Crippen LogP contribution in [0.25, 0.3) is 11.1 Å². The maximum absolute atomic E-state index is 11.1. The first-order valence-corrected chi connectivity index (χ1v) is 14.3. The fraction of sp³-hybridized carbons (Fsp3) is 0.0833. The third-order valence-corrected chi connectivity index (χ3v) is 6.56. The molecule has 1 unspecified atom stereocenters. The average Bonchev–Trinajstić information content (AvgIpc) is 2.79. The highest BCUT2D eigenvalue weighted by Gasteiger charge is 2.15. The van der Waals surface area contributed by atoms with Crippen LogP contribution in [0, 0.1) is 5.41 Å². The molecule has 0 radical (unpaired) electrons. The zero-order chi connectivity index (χ0) is 21.5. The monoisotopic (exact) mass is 590 g/mol. The van der Waals surface area contributed by atoms with Gasteiger partial charge in [0.25, 0.3) is 0 Å². The normalized spacial score (nSPS) is 12.0. The van der Waals surface area contributed by atoms with Crippen molar-refractivity contribution in [2.24, 2.45) is 0 Å². The number of carbonyl (C=O) groups is 1. The van der Waals surface area contributed by atoms with Gasteiger partial charge in [0.05, 0.1) is 0 Å². The summed E-state index contributed by atoms with van der Waals surface area (Å²) in [6.07, 6.45) is 3.64. The topological polar surface area (TPSA) is 53.0 Å². The van der Waals surface area contributed by atoms with Crippen molar-refractivity contribution in [2.45, 2.75) is 13.3 Å². The molecule has 3 aromatic carbocycles. The van der Waals surface area contributed by atoms with Crippen molar-refractivity contribution in [1.29, 1.82) is 5.41 Å². The quantitative estimate of drug-likeness (QED) is 0.0918. The average molecular weight is 591 g/mol. The van der Waals surface area contributed by atoms with E-state index in [-0.39, 0.29) is 0 Å². The summed E-state index contributed by atoms with van der Waals surface area (Å²) in [6.45, 7) is 2.15. The molecule has 0 spiro atoms. The lowest BCUT2D eigenvalue weighted by molar-refractivity contribution is 0.112. The van der Waals surface area contributed by atoms with Crippen molar-refractivity contribution in [3.05, 3.63) is 99.0 Å². The van der Waals surface area contributed by atoms with Gasteiger partial charge >= 0.3 is 0 Å². The number of halogens is 2. The largest absolute Gasteiger partial charge is 0.358 e. The van der Waals surface area contributed by atoms with Crippen molar-refractivity contribution in [3.8, 4) is 0 Å². The third kappa shape index (κ3) is 5.26. The maximum Gasteiger partial charge on any atom is 0.150 e. The number of anilines is 1. The summed E-state index contributed by atoms with van der Waals surface area (Å²) in [7, 11) is 0. The number of carbonyl (C=O) groups excluding carboxylic acids is 1. The fourth-order valence-corrected chi connectivity index (χ4v) is 4.89. The van der Waals surface area contributed by atoms with E-state index in [2.05, 4.69) is 86.4 Å². The Morgan fingerprint density at radius 1 is 1.03 bits per heavy atom. The molecule has 0 aliphatic heterocycles. The van der Waals surface area contributed by atoms with Crippen LogP contribution in [0.5, 0.6) is 0 Å². The molecule has 0 bridgehead atoms. The van der Waals surface area contributed by atoms with E-state index in [0.717, 1.165) is 50.7 Å². The van der Waals surface area contributed by atoms with Gasteiger partial charge in [-0.05, 0) is 80.6 Å². The molecule has 0 saturated carbocycles. The van der Waals surface area contributed by atoms with Gasteiger partial charge in [-0.1, -0.05) is 65.3 Å². The number of nitrogens with one attached hydrogen (secondary N) is 2. The van der Waals surface area contributed by atoms with E-state index in [1.54, 1.807) is 0 Å². The van der Waals surface area contributed by atoms with Crippen molar-refractivity contribution >= 4 is 73.7 Å². The van der Waals surface area contributed by atoms with Crippen LogP contribution in [-0.2, 0) is 0 Å². The molecule has 0 fully saturated rings. The molecule has 0 aliphatic rings. The highest BCUT2D eigenvalue weighted by molar-refractivity contribution is 14.2. The van der Waals surface area contributed by atoms with Crippen LogP contribution < -0.4 is 5.09 Å². The minimum atomic E-state index is 0.536. The molecule has 0 aromatic heterocycles. The summed E-state index contributed by atoms with van der Waals surface area (Å²) in [4.78, 5) is 11.1. The van der Waals surface area contributed by atoms with Crippen molar-refractivity contribution in [1.82, 2.24) is 0 Å². The molecule has 3 nitrogen and oxygen atoms in total. The number of allylic oxidation sites excluding steroid dienone is 1. The Labute approximate surface area is 200 Å². The van der Waals surface area contributed by atoms with Crippen LogP contribution in [0.4, 0.5) is 5.69 Å². The lowest BCUT2D eigenvalue weighted by Crippen LogP contribution is -1.98. The van der Waals surface area contributed by atoms with Crippen LogP contribution >= 0.6 is 44.3 Å². The summed E-state index contributed by atoms with van der Waals surface area (Å²) < 4.78 is 1.04. The van der Waals surface area contributed by atoms with Crippen LogP contribution in [0.15, 0.2) is 71.2 Å².